The summed E-state index contributed by atoms with van der Waals surface area (Å²) in [5.41, 5.74) is 3.20. The van der Waals surface area contributed by atoms with Crippen LogP contribution in [-0.4, -0.2) is 71.7 Å². The van der Waals surface area contributed by atoms with Crippen LogP contribution in [0.25, 0.3) is 10.8 Å². The summed E-state index contributed by atoms with van der Waals surface area (Å²) in [6.45, 7) is 10.5. The van der Waals surface area contributed by atoms with Gasteiger partial charge in [0.1, 0.15) is 12.4 Å². The zero-order valence-electron chi connectivity index (χ0n) is 23.7. The van der Waals surface area contributed by atoms with E-state index in [0.29, 0.717) is 38.8 Å². The number of carbonyl (C=O) groups excluding carboxylic acids is 1. The summed E-state index contributed by atoms with van der Waals surface area (Å²) in [4.78, 5) is 28.8. The minimum absolute atomic E-state index is 0.0943. The number of fused-ring (bicyclic) bond motifs is 2. The smallest absolute Gasteiger partial charge is 0.318 e. The average molecular weight is 552 g/mol. The van der Waals surface area contributed by atoms with E-state index in [4.69, 9.17) is 14.7 Å². The topological polar surface area (TPSA) is 97.6 Å². The van der Waals surface area contributed by atoms with E-state index in [0.717, 1.165) is 49.4 Å². The summed E-state index contributed by atoms with van der Waals surface area (Å²) in [6.07, 6.45) is 4.56. The molecule has 2 fully saturated rings. The largest absolute Gasteiger partial charge is 0.461 e. The Hall–Kier alpha value is -4.16. The fourth-order valence-corrected chi connectivity index (χ4v) is 6.44. The van der Waals surface area contributed by atoms with Crippen molar-refractivity contribution in [2.45, 2.75) is 50.7 Å². The van der Waals surface area contributed by atoms with Gasteiger partial charge in [0.05, 0.1) is 30.8 Å². The molecular weight excluding hydrogens is 514 g/mol. The lowest BCUT2D eigenvalue weighted by Gasteiger charge is -2.42. The summed E-state index contributed by atoms with van der Waals surface area (Å²) < 4.78 is 6.29. The molecule has 2 atom stereocenters. The molecule has 41 heavy (non-hydrogen) atoms. The fraction of sp³-hybridized carbons (Fsp3) is 0.438. The first-order chi connectivity index (χ1) is 20.0. The molecule has 9 heteroatoms. The Kier molecular flexibility index (Phi) is 7.50. The first kappa shape index (κ1) is 27.0. The molecule has 4 heterocycles. The van der Waals surface area contributed by atoms with Gasteiger partial charge < -0.3 is 24.8 Å². The van der Waals surface area contributed by atoms with E-state index in [2.05, 4.69) is 77.2 Å². The first-order valence-electron chi connectivity index (χ1n) is 14.5. The highest BCUT2D eigenvalue weighted by molar-refractivity contribution is 5.94. The van der Waals surface area contributed by atoms with Crippen LogP contribution < -0.4 is 19.9 Å². The van der Waals surface area contributed by atoms with Crippen molar-refractivity contribution >= 4 is 28.2 Å². The van der Waals surface area contributed by atoms with Crippen LogP contribution in [0.1, 0.15) is 37.4 Å². The zero-order chi connectivity index (χ0) is 28.4. The molecule has 3 aliphatic rings. The Morgan fingerprint density at radius 1 is 1.20 bits per heavy atom. The number of hydrogen-bond acceptors (Lipinski definition) is 8. The maximum absolute atomic E-state index is 12.5. The molecule has 3 aromatic rings. The van der Waals surface area contributed by atoms with Gasteiger partial charge >= 0.3 is 6.01 Å². The molecule has 1 unspecified atom stereocenters. The summed E-state index contributed by atoms with van der Waals surface area (Å²) in [5, 5.41) is 15.5. The summed E-state index contributed by atoms with van der Waals surface area (Å²) in [7, 11) is 0. The number of hydrogen-bond donors (Lipinski definition) is 1. The molecule has 1 aromatic heterocycles. The molecule has 6 rings (SSSR count). The third-order valence-corrected chi connectivity index (χ3v) is 8.67. The van der Waals surface area contributed by atoms with Crippen LogP contribution in [0.15, 0.2) is 55.1 Å². The van der Waals surface area contributed by atoms with Crippen LogP contribution >= 0.6 is 0 Å². The lowest BCUT2D eigenvalue weighted by Crippen LogP contribution is -2.55. The Labute approximate surface area is 241 Å². The van der Waals surface area contributed by atoms with E-state index in [9.17, 15) is 10.1 Å². The van der Waals surface area contributed by atoms with Crippen LogP contribution in [0.3, 0.4) is 0 Å². The SMILES string of the molecule is C=CC(=O)N1CCN(c2nc(OC[C@]3(C)CCCN3)nc3c2CCN(c2cccc4ccccc24)C3)CC1CC#N. The van der Waals surface area contributed by atoms with Crippen molar-refractivity contribution < 1.29 is 9.53 Å². The van der Waals surface area contributed by atoms with Gasteiger partial charge in [-0.2, -0.15) is 15.2 Å². The summed E-state index contributed by atoms with van der Waals surface area (Å²) in [5.74, 6) is 0.724. The lowest BCUT2D eigenvalue weighted by molar-refractivity contribution is -0.128. The highest BCUT2D eigenvalue weighted by Crippen LogP contribution is 2.35. The Bertz CT molecular complexity index is 1490. The number of nitriles is 1. The van der Waals surface area contributed by atoms with Crippen molar-refractivity contribution in [3.8, 4) is 12.1 Å². The average Bonchev–Trinajstić information content (AvgIpc) is 3.45. The van der Waals surface area contributed by atoms with Gasteiger partial charge in [-0.25, -0.2) is 0 Å². The Morgan fingerprint density at radius 3 is 2.85 bits per heavy atom. The van der Waals surface area contributed by atoms with Crippen molar-refractivity contribution in [2.24, 2.45) is 0 Å². The van der Waals surface area contributed by atoms with Crippen molar-refractivity contribution in [3.63, 3.8) is 0 Å². The number of benzene rings is 2. The van der Waals surface area contributed by atoms with Gasteiger partial charge in [-0.15, -0.1) is 0 Å². The van der Waals surface area contributed by atoms with E-state index in [-0.39, 0.29) is 23.9 Å². The maximum Gasteiger partial charge on any atom is 0.318 e. The summed E-state index contributed by atoms with van der Waals surface area (Å²) >= 11 is 0. The molecular formula is C32H37N7O2. The number of amides is 1. The van der Waals surface area contributed by atoms with E-state index in [1.807, 2.05) is 0 Å². The van der Waals surface area contributed by atoms with Gasteiger partial charge in [-0.1, -0.05) is 43.0 Å². The van der Waals surface area contributed by atoms with Crippen LogP contribution in [-0.2, 0) is 17.8 Å². The van der Waals surface area contributed by atoms with E-state index >= 15 is 0 Å². The van der Waals surface area contributed by atoms with Gasteiger partial charge in [-0.05, 0) is 50.3 Å². The number of rotatable bonds is 7. The second-order valence-electron chi connectivity index (χ2n) is 11.5. The lowest BCUT2D eigenvalue weighted by atomic mass is 10.0. The number of nitrogens with one attached hydrogen (secondary N) is 1. The third kappa shape index (κ3) is 5.44. The molecule has 0 aliphatic carbocycles. The Balaban J connectivity index is 1.33. The van der Waals surface area contributed by atoms with Crippen LogP contribution in [0.5, 0.6) is 6.01 Å². The molecule has 1 amide bonds. The fourth-order valence-electron chi connectivity index (χ4n) is 6.44. The number of carbonyl (C=O) groups is 1. The Morgan fingerprint density at radius 2 is 2.05 bits per heavy atom. The number of anilines is 2. The van der Waals surface area contributed by atoms with Crippen LogP contribution in [0.4, 0.5) is 11.5 Å². The molecule has 0 saturated carbocycles. The van der Waals surface area contributed by atoms with Crippen molar-refractivity contribution in [1.29, 1.82) is 5.26 Å². The third-order valence-electron chi connectivity index (χ3n) is 8.67. The number of aromatic nitrogens is 2. The van der Waals surface area contributed by atoms with Crippen LogP contribution in [0.2, 0.25) is 0 Å². The van der Waals surface area contributed by atoms with Gasteiger partial charge in [0.2, 0.25) is 5.91 Å². The second kappa shape index (κ2) is 11.4. The first-order valence-corrected chi connectivity index (χ1v) is 14.5. The van der Waals surface area contributed by atoms with Crippen LogP contribution in [0, 0.1) is 11.3 Å². The highest BCUT2D eigenvalue weighted by Gasteiger charge is 2.34. The predicted octanol–water partition coefficient (Wildman–Crippen LogP) is 3.83. The molecule has 212 valence electrons. The quantitative estimate of drug-likeness (QED) is 0.443. The van der Waals surface area contributed by atoms with Gasteiger partial charge in [0.15, 0.2) is 0 Å². The van der Waals surface area contributed by atoms with Crippen molar-refractivity contribution in [2.75, 3.05) is 49.1 Å². The molecule has 2 saturated heterocycles. The van der Waals surface area contributed by atoms with E-state index in [1.54, 1.807) is 4.90 Å². The van der Waals surface area contributed by atoms with Gasteiger partial charge in [0.25, 0.3) is 0 Å². The zero-order valence-corrected chi connectivity index (χ0v) is 23.7. The van der Waals surface area contributed by atoms with Crippen molar-refractivity contribution in [1.82, 2.24) is 20.2 Å². The molecule has 1 N–H and O–H groups in total. The van der Waals surface area contributed by atoms with Gasteiger partial charge in [0, 0.05) is 48.4 Å². The molecule has 0 spiro atoms. The number of ether oxygens (including phenoxy) is 1. The maximum atomic E-state index is 12.5. The number of nitrogens with zero attached hydrogens (tertiary/aromatic N) is 6. The molecule has 0 bridgehead atoms. The monoisotopic (exact) mass is 551 g/mol. The minimum Gasteiger partial charge on any atom is -0.461 e. The van der Waals surface area contributed by atoms with Gasteiger partial charge in [-0.3, -0.25) is 4.79 Å². The highest BCUT2D eigenvalue weighted by atomic mass is 16.5. The minimum atomic E-state index is -0.230. The predicted molar refractivity (Wildman–Crippen MR) is 160 cm³/mol. The molecule has 9 nitrogen and oxygen atoms in total. The molecule has 3 aliphatic heterocycles. The van der Waals surface area contributed by atoms with E-state index in [1.165, 1.54) is 22.5 Å². The normalized spacial score (nSPS) is 22.3. The standard InChI is InChI=1S/C32H37N7O2/c1-3-29(40)39-19-18-38(20-24(39)12-15-33)30-26-13-17-37(28-11-6-9-23-8-4-5-10-25(23)28)21-27(26)35-31(36-30)41-22-32(2)14-7-16-34-32/h3-6,8-11,24,34H,1,7,12-14,16-22H2,2H3/t24?,32-/m0/s1. The molecule has 0 radical (unpaired) electrons. The van der Waals surface area contributed by atoms with Crippen molar-refractivity contribution in [3.05, 3.63) is 66.4 Å². The number of piperazine rings is 1. The second-order valence-corrected chi connectivity index (χ2v) is 11.5. The summed E-state index contributed by atoms with van der Waals surface area (Å²) in [6, 6.07) is 17.3. The molecule has 2 aromatic carbocycles. The van der Waals surface area contributed by atoms with E-state index < -0.39 is 0 Å².